The second-order valence-corrected chi connectivity index (χ2v) is 8.84. The fraction of sp³-hybridized carbons (Fsp3) is 0.440. The minimum Gasteiger partial charge on any atom is -0.331 e. The molecule has 1 fully saturated rings. The Balaban J connectivity index is 1.45. The van der Waals surface area contributed by atoms with Gasteiger partial charge in [0.15, 0.2) is 6.04 Å². The van der Waals surface area contributed by atoms with Gasteiger partial charge in [0.2, 0.25) is 5.91 Å². The molecule has 0 saturated carbocycles. The second-order valence-electron chi connectivity index (χ2n) is 8.84. The summed E-state index contributed by atoms with van der Waals surface area (Å²) in [5.41, 5.74) is 4.65. The van der Waals surface area contributed by atoms with Crippen LogP contribution in [0.3, 0.4) is 0 Å². The Morgan fingerprint density at radius 2 is 1.65 bits per heavy atom. The summed E-state index contributed by atoms with van der Waals surface area (Å²) in [6.45, 7) is 11.3. The number of piperazine rings is 1. The van der Waals surface area contributed by atoms with Crippen LogP contribution in [0.1, 0.15) is 23.6 Å². The number of rotatable bonds is 7. The van der Waals surface area contributed by atoms with Crippen molar-refractivity contribution in [1.29, 1.82) is 0 Å². The quantitative estimate of drug-likeness (QED) is 0.589. The van der Waals surface area contributed by atoms with Gasteiger partial charge in [-0.2, -0.15) is 0 Å². The minimum atomic E-state index is -0.172. The van der Waals surface area contributed by atoms with E-state index >= 15 is 0 Å². The highest BCUT2D eigenvalue weighted by atomic mass is 16.2. The van der Waals surface area contributed by atoms with Crippen LogP contribution in [-0.2, 0) is 16.1 Å². The zero-order valence-corrected chi connectivity index (χ0v) is 19.2. The predicted molar refractivity (Wildman–Crippen MR) is 123 cm³/mol. The topological polar surface area (TPSA) is 58.3 Å². The van der Waals surface area contributed by atoms with Crippen LogP contribution in [0.25, 0.3) is 0 Å². The largest absolute Gasteiger partial charge is 0.331 e. The van der Waals surface area contributed by atoms with Gasteiger partial charge in [0.1, 0.15) is 32.7 Å². The number of hydrogen-bond acceptors (Lipinski definition) is 2. The van der Waals surface area contributed by atoms with Crippen LogP contribution < -0.4 is 15.1 Å². The van der Waals surface area contributed by atoms with Gasteiger partial charge in [-0.25, -0.2) is 0 Å². The maximum Gasteiger partial charge on any atom is 0.280 e. The molecule has 3 rings (SSSR count). The van der Waals surface area contributed by atoms with Crippen LogP contribution in [0.4, 0.5) is 5.69 Å². The van der Waals surface area contributed by atoms with Gasteiger partial charge in [-0.3, -0.25) is 9.59 Å². The van der Waals surface area contributed by atoms with Crippen molar-refractivity contribution in [3.8, 4) is 0 Å². The van der Waals surface area contributed by atoms with E-state index in [1.807, 2.05) is 38.1 Å². The van der Waals surface area contributed by atoms with Crippen molar-refractivity contribution in [2.45, 2.75) is 33.4 Å². The number of anilines is 1. The molecule has 0 spiro atoms. The molecule has 6 heteroatoms. The second kappa shape index (κ2) is 10.6. The molecule has 166 valence electrons. The average Bonchev–Trinajstić information content (AvgIpc) is 2.76. The van der Waals surface area contributed by atoms with Crippen molar-refractivity contribution in [3.05, 3.63) is 65.2 Å². The fourth-order valence-corrected chi connectivity index (χ4v) is 4.25. The molecule has 1 atom stereocenters. The molecule has 31 heavy (non-hydrogen) atoms. The van der Waals surface area contributed by atoms with Crippen molar-refractivity contribution in [2.24, 2.45) is 0 Å². The molecule has 0 aromatic heterocycles. The van der Waals surface area contributed by atoms with Crippen molar-refractivity contribution in [2.75, 3.05) is 45.1 Å². The van der Waals surface area contributed by atoms with Crippen LogP contribution >= 0.6 is 0 Å². The molecule has 1 aliphatic heterocycles. The maximum absolute atomic E-state index is 12.9. The predicted octanol–water partition coefficient (Wildman–Crippen LogP) is 0.0724. The lowest BCUT2D eigenvalue weighted by atomic mass is 10.1. The van der Waals surface area contributed by atoms with Crippen LogP contribution in [0.2, 0.25) is 0 Å². The number of carbonyl (C=O) groups is 2. The van der Waals surface area contributed by atoms with Crippen molar-refractivity contribution in [3.63, 3.8) is 0 Å². The van der Waals surface area contributed by atoms with E-state index in [0.29, 0.717) is 0 Å². The molecule has 1 saturated heterocycles. The molecule has 0 unspecified atom stereocenters. The van der Waals surface area contributed by atoms with Gasteiger partial charge in [-0.05, 0) is 38.5 Å². The molecule has 2 aromatic rings. The number of quaternary nitrogens is 2. The number of aryl methyl sites for hydroxylation is 2. The van der Waals surface area contributed by atoms with Gasteiger partial charge in [-0.15, -0.1) is 0 Å². The van der Waals surface area contributed by atoms with Crippen molar-refractivity contribution >= 4 is 17.5 Å². The average molecular weight is 425 g/mol. The number of carbonyl (C=O) groups excluding carboxylic acids is 2. The summed E-state index contributed by atoms with van der Waals surface area (Å²) in [4.78, 5) is 29.7. The minimum absolute atomic E-state index is 0.0245. The Labute approximate surface area is 185 Å². The summed E-state index contributed by atoms with van der Waals surface area (Å²) < 4.78 is 0. The summed E-state index contributed by atoms with van der Waals surface area (Å²) >= 11 is 0. The van der Waals surface area contributed by atoms with E-state index in [2.05, 4.69) is 36.5 Å². The highest BCUT2D eigenvalue weighted by Gasteiger charge is 2.33. The van der Waals surface area contributed by atoms with Crippen LogP contribution in [0.5, 0.6) is 0 Å². The molecule has 2 aromatic carbocycles. The third kappa shape index (κ3) is 6.39. The van der Waals surface area contributed by atoms with E-state index in [0.717, 1.165) is 44.0 Å². The highest BCUT2D eigenvalue weighted by Crippen LogP contribution is 2.08. The van der Waals surface area contributed by atoms with E-state index < -0.39 is 0 Å². The molecule has 3 N–H and O–H groups in total. The summed E-state index contributed by atoms with van der Waals surface area (Å²) in [7, 11) is 1.71. The van der Waals surface area contributed by atoms with Gasteiger partial charge in [-0.1, -0.05) is 42.0 Å². The summed E-state index contributed by atoms with van der Waals surface area (Å²) in [6.07, 6.45) is 0. The number of nitrogens with zero attached hydrogens (tertiary/aromatic N) is 1. The zero-order chi connectivity index (χ0) is 22.4. The smallest absolute Gasteiger partial charge is 0.280 e. The van der Waals surface area contributed by atoms with E-state index in [-0.39, 0.29) is 24.4 Å². The molecular weight excluding hydrogens is 388 g/mol. The molecular formula is C25H36N4O2+2. The van der Waals surface area contributed by atoms with Gasteiger partial charge in [0, 0.05) is 18.3 Å². The van der Waals surface area contributed by atoms with Gasteiger partial charge >= 0.3 is 0 Å². The molecule has 1 heterocycles. The number of amides is 2. The summed E-state index contributed by atoms with van der Waals surface area (Å²) in [5.74, 6) is -0.147. The van der Waals surface area contributed by atoms with Gasteiger partial charge < -0.3 is 20.0 Å². The molecule has 1 aliphatic rings. The molecule has 2 amide bonds. The molecule has 0 bridgehead atoms. The first-order valence-electron chi connectivity index (χ1n) is 11.2. The first-order valence-corrected chi connectivity index (χ1v) is 11.2. The standard InChI is InChI=1S/C25H34N4O2/c1-19-9-11-23(12-10-19)26-24(30)18-27(4)25(31)21(3)29-15-13-28(14-16-29)17-22-8-6-5-7-20(22)2/h5-12,21H,13-18H2,1-4H3,(H,26,30)/p+2/t21-/m1/s1. The Morgan fingerprint density at radius 3 is 2.29 bits per heavy atom. The Morgan fingerprint density at radius 1 is 1.00 bits per heavy atom. The van der Waals surface area contributed by atoms with Crippen LogP contribution in [-0.4, -0.2) is 62.5 Å². The Hall–Kier alpha value is -2.70. The third-order valence-electron chi connectivity index (χ3n) is 6.38. The normalized spacial score (nSPS) is 19.5. The number of hydrogen-bond donors (Lipinski definition) is 3. The fourth-order valence-electron chi connectivity index (χ4n) is 4.25. The van der Waals surface area contributed by atoms with E-state index in [1.54, 1.807) is 16.8 Å². The van der Waals surface area contributed by atoms with Gasteiger partial charge in [0.25, 0.3) is 5.91 Å². The number of likely N-dealkylation sites (N-methyl/N-ethyl adjacent to an activating group) is 1. The van der Waals surface area contributed by atoms with E-state index in [4.69, 9.17) is 0 Å². The van der Waals surface area contributed by atoms with Crippen LogP contribution in [0.15, 0.2) is 48.5 Å². The monoisotopic (exact) mass is 424 g/mol. The van der Waals surface area contributed by atoms with E-state index in [1.165, 1.54) is 16.0 Å². The molecule has 0 radical (unpaired) electrons. The first kappa shape index (κ1) is 23.0. The van der Waals surface area contributed by atoms with Crippen LogP contribution in [0, 0.1) is 13.8 Å². The highest BCUT2D eigenvalue weighted by molar-refractivity contribution is 5.94. The Bertz CT molecular complexity index is 889. The lowest BCUT2D eigenvalue weighted by Crippen LogP contribution is -3.29. The SMILES string of the molecule is Cc1ccc(NC(=O)CN(C)C(=O)[C@@H](C)[NH+]2CC[NH+](Cc3ccccc3C)CC2)cc1. The Kier molecular flexibility index (Phi) is 7.82. The van der Waals surface area contributed by atoms with Crippen molar-refractivity contribution in [1.82, 2.24) is 4.90 Å². The molecule has 0 aliphatic carbocycles. The number of nitrogens with one attached hydrogen (secondary N) is 3. The lowest BCUT2D eigenvalue weighted by molar-refractivity contribution is -1.02. The zero-order valence-electron chi connectivity index (χ0n) is 19.2. The first-order chi connectivity index (χ1) is 14.8. The summed E-state index contributed by atoms with van der Waals surface area (Å²) in [6, 6.07) is 16.1. The molecule has 6 nitrogen and oxygen atoms in total. The van der Waals surface area contributed by atoms with Gasteiger partial charge in [0.05, 0.1) is 6.54 Å². The van der Waals surface area contributed by atoms with E-state index in [9.17, 15) is 9.59 Å². The van der Waals surface area contributed by atoms with Crippen molar-refractivity contribution < 1.29 is 19.4 Å². The lowest BCUT2D eigenvalue weighted by Gasteiger charge is -2.34. The number of benzene rings is 2. The summed E-state index contributed by atoms with van der Waals surface area (Å²) in [5, 5.41) is 2.86. The maximum atomic E-state index is 12.9. The third-order valence-corrected chi connectivity index (χ3v) is 6.38.